The van der Waals surface area contributed by atoms with E-state index in [1.54, 1.807) is 0 Å². The fraction of sp³-hybridized carbons (Fsp3) is 0.917. The molecule has 2 aliphatic rings. The van der Waals surface area contributed by atoms with Gasteiger partial charge in [0, 0.05) is 19.7 Å². The molecule has 16 heavy (non-hydrogen) atoms. The van der Waals surface area contributed by atoms with Gasteiger partial charge in [-0.3, -0.25) is 9.69 Å². The average Bonchev–Trinajstić information content (AvgIpc) is 2.64. The molecule has 2 unspecified atom stereocenters. The summed E-state index contributed by atoms with van der Waals surface area (Å²) in [6.07, 6.45) is 5.14. The molecule has 2 rings (SSSR count). The number of likely N-dealkylation sites (tertiary alicyclic amines) is 1. The Morgan fingerprint density at radius 2 is 2.31 bits per heavy atom. The summed E-state index contributed by atoms with van der Waals surface area (Å²) < 4.78 is 5.90. The lowest BCUT2D eigenvalue weighted by Crippen LogP contribution is -2.44. The van der Waals surface area contributed by atoms with Gasteiger partial charge in [-0.25, -0.2) is 0 Å². The first-order chi connectivity index (χ1) is 7.67. The van der Waals surface area contributed by atoms with E-state index in [0.29, 0.717) is 6.42 Å². The van der Waals surface area contributed by atoms with Gasteiger partial charge in [-0.1, -0.05) is 6.92 Å². The highest BCUT2D eigenvalue weighted by molar-refractivity contribution is 5.73. The molecule has 1 N–H and O–H groups in total. The van der Waals surface area contributed by atoms with Crippen molar-refractivity contribution < 1.29 is 14.6 Å². The van der Waals surface area contributed by atoms with Crippen molar-refractivity contribution in [3.63, 3.8) is 0 Å². The molecule has 4 heteroatoms. The second-order valence-electron chi connectivity index (χ2n) is 4.97. The highest BCUT2D eigenvalue weighted by Crippen LogP contribution is 2.35. The summed E-state index contributed by atoms with van der Waals surface area (Å²) in [5, 5.41) is 9.14. The van der Waals surface area contributed by atoms with Crippen LogP contribution in [0.1, 0.15) is 39.0 Å². The topological polar surface area (TPSA) is 49.8 Å². The highest BCUT2D eigenvalue weighted by atomic mass is 16.5. The molecule has 0 saturated carbocycles. The molecule has 0 aromatic heterocycles. The summed E-state index contributed by atoms with van der Waals surface area (Å²) in [5.41, 5.74) is -0.0267. The Hall–Kier alpha value is -0.610. The second-order valence-corrected chi connectivity index (χ2v) is 4.97. The van der Waals surface area contributed by atoms with E-state index in [0.717, 1.165) is 39.0 Å². The number of carbonyl (C=O) groups is 1. The number of aliphatic carboxylic acids is 1. The quantitative estimate of drug-likeness (QED) is 0.793. The van der Waals surface area contributed by atoms with Crippen LogP contribution in [0, 0.1) is 0 Å². The molecular weight excluding hydrogens is 206 g/mol. The number of nitrogens with zero attached hydrogens (tertiary/aromatic N) is 1. The molecular formula is C12H21NO3. The lowest BCUT2D eigenvalue weighted by molar-refractivity contribution is -0.143. The third kappa shape index (κ3) is 2.23. The molecule has 92 valence electrons. The number of carboxylic acids is 1. The minimum absolute atomic E-state index is 0.0267. The van der Waals surface area contributed by atoms with Crippen LogP contribution in [0.4, 0.5) is 0 Å². The van der Waals surface area contributed by atoms with E-state index in [1.807, 2.05) is 6.92 Å². The minimum Gasteiger partial charge on any atom is -0.480 e. The van der Waals surface area contributed by atoms with Gasteiger partial charge < -0.3 is 9.84 Å². The van der Waals surface area contributed by atoms with Crippen molar-refractivity contribution in [2.45, 2.75) is 50.7 Å². The minimum atomic E-state index is -0.699. The molecule has 0 bridgehead atoms. The Kier molecular flexibility index (Phi) is 3.50. The normalized spacial score (nSPS) is 33.1. The van der Waals surface area contributed by atoms with Gasteiger partial charge in [-0.05, 0) is 32.1 Å². The fourth-order valence-corrected chi connectivity index (χ4v) is 2.96. The third-order valence-electron chi connectivity index (χ3n) is 3.89. The highest BCUT2D eigenvalue weighted by Gasteiger charge is 2.43. The second kappa shape index (κ2) is 4.72. The molecule has 2 saturated heterocycles. The maximum absolute atomic E-state index is 11.1. The number of hydrogen-bond acceptors (Lipinski definition) is 3. The van der Waals surface area contributed by atoms with Crippen LogP contribution in [0.3, 0.4) is 0 Å². The van der Waals surface area contributed by atoms with Crippen LogP contribution in [-0.2, 0) is 9.53 Å². The Morgan fingerprint density at radius 1 is 1.50 bits per heavy atom. The number of rotatable bonds is 3. The lowest BCUT2D eigenvalue weighted by atomic mass is 9.93. The monoisotopic (exact) mass is 227 g/mol. The van der Waals surface area contributed by atoms with Gasteiger partial charge in [-0.2, -0.15) is 0 Å². The van der Waals surface area contributed by atoms with Crippen molar-refractivity contribution in [3.8, 4) is 0 Å². The fourth-order valence-electron chi connectivity index (χ4n) is 2.96. The molecule has 0 radical (unpaired) electrons. The Balaban J connectivity index is 1.98. The standard InChI is InChI=1S/C12H21NO3/c1-2-10(11(14)15)13-7-6-12(9-13)5-3-4-8-16-12/h10H,2-9H2,1H3,(H,14,15). The zero-order chi connectivity index (χ0) is 11.6. The summed E-state index contributed by atoms with van der Waals surface area (Å²) >= 11 is 0. The van der Waals surface area contributed by atoms with E-state index in [2.05, 4.69) is 4.90 Å². The summed E-state index contributed by atoms with van der Waals surface area (Å²) in [6.45, 7) is 4.45. The third-order valence-corrected chi connectivity index (χ3v) is 3.89. The smallest absolute Gasteiger partial charge is 0.320 e. The van der Waals surface area contributed by atoms with E-state index >= 15 is 0 Å². The van der Waals surface area contributed by atoms with E-state index in [-0.39, 0.29) is 11.6 Å². The van der Waals surface area contributed by atoms with Crippen LogP contribution >= 0.6 is 0 Å². The molecule has 0 amide bonds. The Bertz CT molecular complexity index is 261. The molecule has 2 aliphatic heterocycles. The summed E-state index contributed by atoms with van der Waals surface area (Å²) in [7, 11) is 0. The van der Waals surface area contributed by atoms with Crippen molar-refractivity contribution in [2.75, 3.05) is 19.7 Å². The van der Waals surface area contributed by atoms with Gasteiger partial charge in [0.25, 0.3) is 0 Å². The zero-order valence-corrected chi connectivity index (χ0v) is 9.95. The number of carboxylic acid groups (broad SMARTS) is 1. The molecule has 0 aromatic rings. The average molecular weight is 227 g/mol. The van der Waals surface area contributed by atoms with E-state index < -0.39 is 5.97 Å². The van der Waals surface area contributed by atoms with Gasteiger partial charge in [0.1, 0.15) is 6.04 Å². The SMILES string of the molecule is CCC(C(=O)O)N1CCC2(CCCCO2)C1. The van der Waals surface area contributed by atoms with Crippen LogP contribution in [0.5, 0.6) is 0 Å². The van der Waals surface area contributed by atoms with E-state index in [1.165, 1.54) is 6.42 Å². The molecule has 4 nitrogen and oxygen atoms in total. The molecule has 0 aromatic carbocycles. The molecule has 2 heterocycles. The van der Waals surface area contributed by atoms with Crippen molar-refractivity contribution in [1.82, 2.24) is 4.90 Å². The van der Waals surface area contributed by atoms with Crippen molar-refractivity contribution in [2.24, 2.45) is 0 Å². The van der Waals surface area contributed by atoms with Gasteiger partial charge in [0.2, 0.25) is 0 Å². The van der Waals surface area contributed by atoms with Gasteiger partial charge in [0.05, 0.1) is 5.60 Å². The molecule has 2 fully saturated rings. The molecule has 2 atom stereocenters. The molecule has 0 aliphatic carbocycles. The van der Waals surface area contributed by atoms with Gasteiger partial charge >= 0.3 is 5.97 Å². The lowest BCUT2D eigenvalue weighted by Gasteiger charge is -2.34. The Morgan fingerprint density at radius 3 is 2.88 bits per heavy atom. The van der Waals surface area contributed by atoms with Crippen LogP contribution in [0.2, 0.25) is 0 Å². The number of ether oxygens (including phenoxy) is 1. The van der Waals surface area contributed by atoms with Crippen molar-refractivity contribution >= 4 is 5.97 Å². The van der Waals surface area contributed by atoms with Crippen molar-refractivity contribution in [3.05, 3.63) is 0 Å². The first kappa shape index (κ1) is 11.9. The largest absolute Gasteiger partial charge is 0.480 e. The molecule has 1 spiro atoms. The first-order valence-electron chi connectivity index (χ1n) is 6.28. The Labute approximate surface area is 96.6 Å². The summed E-state index contributed by atoms with van der Waals surface area (Å²) in [5.74, 6) is -0.699. The van der Waals surface area contributed by atoms with E-state index in [9.17, 15) is 4.79 Å². The van der Waals surface area contributed by atoms with E-state index in [4.69, 9.17) is 9.84 Å². The maximum Gasteiger partial charge on any atom is 0.320 e. The van der Waals surface area contributed by atoms with Crippen LogP contribution in [-0.4, -0.2) is 47.3 Å². The van der Waals surface area contributed by atoms with Crippen LogP contribution < -0.4 is 0 Å². The van der Waals surface area contributed by atoms with Crippen LogP contribution in [0.15, 0.2) is 0 Å². The predicted octanol–water partition coefficient (Wildman–Crippen LogP) is 1.49. The van der Waals surface area contributed by atoms with Gasteiger partial charge in [-0.15, -0.1) is 0 Å². The van der Waals surface area contributed by atoms with Crippen LogP contribution in [0.25, 0.3) is 0 Å². The maximum atomic E-state index is 11.1. The first-order valence-corrected chi connectivity index (χ1v) is 6.28. The summed E-state index contributed by atoms with van der Waals surface area (Å²) in [6, 6.07) is -0.329. The number of hydrogen-bond donors (Lipinski definition) is 1. The van der Waals surface area contributed by atoms with Gasteiger partial charge in [0.15, 0.2) is 0 Å². The van der Waals surface area contributed by atoms with Crippen molar-refractivity contribution in [1.29, 1.82) is 0 Å². The zero-order valence-electron chi connectivity index (χ0n) is 9.95. The predicted molar refractivity (Wildman–Crippen MR) is 60.4 cm³/mol. The summed E-state index contributed by atoms with van der Waals surface area (Å²) in [4.78, 5) is 13.2.